The van der Waals surface area contributed by atoms with Gasteiger partial charge in [-0.3, -0.25) is 4.57 Å². The number of aromatic nitrogens is 3. The summed E-state index contributed by atoms with van der Waals surface area (Å²) in [6.07, 6.45) is 12.6. The highest BCUT2D eigenvalue weighted by molar-refractivity contribution is 5.62. The predicted octanol–water partition coefficient (Wildman–Crippen LogP) is 6.59. The highest BCUT2D eigenvalue weighted by Gasteiger charge is 2.25. The summed E-state index contributed by atoms with van der Waals surface area (Å²) < 4.78 is 2.29. The van der Waals surface area contributed by atoms with E-state index in [1.807, 2.05) is 13.0 Å². The Kier molecular flexibility index (Phi) is 5.98. The van der Waals surface area contributed by atoms with Crippen LogP contribution in [-0.4, -0.2) is 14.8 Å². The van der Waals surface area contributed by atoms with Crippen LogP contribution in [0.2, 0.25) is 0 Å². The van der Waals surface area contributed by atoms with E-state index in [0.717, 1.165) is 22.9 Å². The molecule has 1 saturated carbocycles. The second kappa shape index (κ2) is 8.24. The van der Waals surface area contributed by atoms with E-state index in [0.29, 0.717) is 5.92 Å². The van der Waals surface area contributed by atoms with Crippen LogP contribution in [0.4, 0.5) is 0 Å². The lowest BCUT2D eigenvalue weighted by Crippen LogP contribution is -2.14. The molecule has 0 saturated heterocycles. The zero-order chi connectivity index (χ0) is 19.4. The molecule has 1 aromatic carbocycles. The van der Waals surface area contributed by atoms with Gasteiger partial charge in [-0.15, -0.1) is 10.2 Å². The van der Waals surface area contributed by atoms with Crippen LogP contribution in [-0.2, 0) is 5.41 Å². The van der Waals surface area contributed by atoms with Gasteiger partial charge < -0.3 is 0 Å². The van der Waals surface area contributed by atoms with Gasteiger partial charge in [0.2, 0.25) is 0 Å². The van der Waals surface area contributed by atoms with E-state index in [2.05, 4.69) is 78.9 Å². The fourth-order valence-electron chi connectivity index (χ4n) is 3.86. The number of hydrogen-bond acceptors (Lipinski definition) is 2. The zero-order valence-electron chi connectivity index (χ0n) is 17.5. The van der Waals surface area contributed by atoms with Crippen LogP contribution in [0.5, 0.6) is 0 Å². The van der Waals surface area contributed by atoms with Crippen molar-refractivity contribution in [3.05, 3.63) is 59.7 Å². The second-order valence-electron chi connectivity index (χ2n) is 8.72. The molecule has 0 N–H and O–H groups in total. The molecule has 144 valence electrons. The summed E-state index contributed by atoms with van der Waals surface area (Å²) in [4.78, 5) is 0. The molecule has 3 rings (SSSR count). The number of benzene rings is 1. The highest BCUT2D eigenvalue weighted by Crippen LogP contribution is 2.34. The average molecular weight is 364 g/mol. The summed E-state index contributed by atoms with van der Waals surface area (Å²) in [6.45, 7) is 10.9. The van der Waals surface area contributed by atoms with Crippen LogP contribution in [0.1, 0.15) is 89.9 Å². The van der Waals surface area contributed by atoms with Crippen molar-refractivity contribution in [2.45, 2.75) is 78.1 Å². The Bertz CT molecular complexity index is 810. The molecule has 1 aromatic heterocycles. The molecule has 0 unspecified atom stereocenters. The van der Waals surface area contributed by atoms with Gasteiger partial charge in [0.1, 0.15) is 5.82 Å². The van der Waals surface area contributed by atoms with E-state index in [1.54, 1.807) is 0 Å². The molecule has 0 spiro atoms. The Morgan fingerprint density at radius 3 is 2.30 bits per heavy atom. The average Bonchev–Trinajstić information content (AvgIpc) is 3.11. The van der Waals surface area contributed by atoms with Gasteiger partial charge in [-0.05, 0) is 55.4 Å². The molecule has 1 aliphatic carbocycles. The minimum Gasteiger partial charge on any atom is -0.279 e. The molecular formula is C24H33N3. The van der Waals surface area contributed by atoms with E-state index >= 15 is 0 Å². The molecule has 0 atom stereocenters. The van der Waals surface area contributed by atoms with Crippen molar-refractivity contribution in [3.63, 3.8) is 0 Å². The first kappa shape index (κ1) is 19.6. The van der Waals surface area contributed by atoms with Crippen molar-refractivity contribution in [1.82, 2.24) is 14.8 Å². The normalized spacial score (nSPS) is 17.0. The van der Waals surface area contributed by atoms with E-state index in [-0.39, 0.29) is 5.41 Å². The standard InChI is InChI=1S/C24H33N3/c1-6-7-11-18(2)22-25-26-23(19-12-9-8-10-13-19)27(22)21-16-14-20(15-17-21)24(3,4)5/h6-7,11,14-17,19H,8-10,12-13H2,1-5H3/b7-6-,18-11+. The number of nitrogens with zero attached hydrogens (tertiary/aromatic N) is 3. The molecule has 3 heteroatoms. The van der Waals surface area contributed by atoms with Crippen LogP contribution >= 0.6 is 0 Å². The molecular weight excluding hydrogens is 330 g/mol. The van der Waals surface area contributed by atoms with Crippen molar-refractivity contribution >= 4 is 5.57 Å². The summed E-state index contributed by atoms with van der Waals surface area (Å²) in [5, 5.41) is 9.27. The van der Waals surface area contributed by atoms with Gasteiger partial charge in [0, 0.05) is 11.6 Å². The van der Waals surface area contributed by atoms with Crippen LogP contribution < -0.4 is 0 Å². The Balaban J connectivity index is 2.08. The second-order valence-corrected chi connectivity index (χ2v) is 8.72. The van der Waals surface area contributed by atoms with E-state index < -0.39 is 0 Å². The third-order valence-corrected chi connectivity index (χ3v) is 5.54. The molecule has 27 heavy (non-hydrogen) atoms. The maximum atomic E-state index is 4.66. The fraction of sp³-hybridized carbons (Fsp3) is 0.500. The van der Waals surface area contributed by atoms with Crippen molar-refractivity contribution in [3.8, 4) is 5.69 Å². The minimum atomic E-state index is 0.155. The molecule has 1 fully saturated rings. The monoisotopic (exact) mass is 363 g/mol. The summed E-state index contributed by atoms with van der Waals surface area (Å²) in [6, 6.07) is 8.94. The molecule has 0 radical (unpaired) electrons. The molecule has 3 nitrogen and oxygen atoms in total. The van der Waals surface area contributed by atoms with Crippen LogP contribution in [0.3, 0.4) is 0 Å². The lowest BCUT2D eigenvalue weighted by atomic mass is 9.87. The molecule has 1 heterocycles. The minimum absolute atomic E-state index is 0.155. The van der Waals surface area contributed by atoms with E-state index in [9.17, 15) is 0 Å². The third kappa shape index (κ3) is 4.40. The van der Waals surface area contributed by atoms with Crippen molar-refractivity contribution < 1.29 is 0 Å². The topological polar surface area (TPSA) is 30.7 Å². The summed E-state index contributed by atoms with van der Waals surface area (Å²) in [5.41, 5.74) is 3.81. The first-order chi connectivity index (χ1) is 12.9. The van der Waals surface area contributed by atoms with E-state index in [4.69, 9.17) is 0 Å². The van der Waals surface area contributed by atoms with Crippen molar-refractivity contribution in [2.75, 3.05) is 0 Å². The first-order valence-electron chi connectivity index (χ1n) is 10.3. The molecule has 0 amide bonds. The zero-order valence-corrected chi connectivity index (χ0v) is 17.5. The molecule has 0 aliphatic heterocycles. The predicted molar refractivity (Wildman–Crippen MR) is 114 cm³/mol. The van der Waals surface area contributed by atoms with Crippen molar-refractivity contribution in [1.29, 1.82) is 0 Å². The summed E-state index contributed by atoms with van der Waals surface area (Å²) >= 11 is 0. The van der Waals surface area contributed by atoms with Gasteiger partial charge in [0.05, 0.1) is 0 Å². The van der Waals surface area contributed by atoms with Crippen LogP contribution in [0.15, 0.2) is 42.5 Å². The summed E-state index contributed by atoms with van der Waals surface area (Å²) in [7, 11) is 0. The molecule has 0 bridgehead atoms. The van der Waals surface area contributed by atoms with Crippen LogP contribution in [0, 0.1) is 0 Å². The van der Waals surface area contributed by atoms with Gasteiger partial charge in [0.15, 0.2) is 5.82 Å². The Morgan fingerprint density at radius 1 is 1.04 bits per heavy atom. The van der Waals surface area contributed by atoms with Gasteiger partial charge in [-0.2, -0.15) is 0 Å². The lowest BCUT2D eigenvalue weighted by molar-refractivity contribution is 0.424. The third-order valence-electron chi connectivity index (χ3n) is 5.54. The van der Waals surface area contributed by atoms with Gasteiger partial charge in [-0.25, -0.2) is 0 Å². The van der Waals surface area contributed by atoms with Gasteiger partial charge in [-0.1, -0.05) is 70.4 Å². The van der Waals surface area contributed by atoms with Gasteiger partial charge in [0.25, 0.3) is 0 Å². The van der Waals surface area contributed by atoms with Crippen LogP contribution in [0.25, 0.3) is 11.3 Å². The quantitative estimate of drug-likeness (QED) is 0.573. The first-order valence-corrected chi connectivity index (χ1v) is 10.3. The van der Waals surface area contributed by atoms with E-state index in [1.165, 1.54) is 37.7 Å². The SMILES string of the molecule is C/C=C\C=C(/C)c1nnc(C2CCCCC2)n1-c1ccc(C(C)(C)C)cc1. The maximum Gasteiger partial charge on any atom is 0.164 e. The Hall–Kier alpha value is -2.16. The smallest absolute Gasteiger partial charge is 0.164 e. The maximum absolute atomic E-state index is 4.66. The number of allylic oxidation sites excluding steroid dienone is 4. The Labute approximate surface area is 164 Å². The van der Waals surface area contributed by atoms with Gasteiger partial charge >= 0.3 is 0 Å². The number of rotatable bonds is 4. The lowest BCUT2D eigenvalue weighted by Gasteiger charge is -2.23. The summed E-state index contributed by atoms with van der Waals surface area (Å²) in [5.74, 6) is 2.59. The highest BCUT2D eigenvalue weighted by atomic mass is 15.3. The number of hydrogen-bond donors (Lipinski definition) is 0. The molecule has 1 aliphatic rings. The fourth-order valence-corrected chi connectivity index (χ4v) is 3.86. The largest absolute Gasteiger partial charge is 0.279 e. The molecule has 2 aromatic rings. The Morgan fingerprint density at radius 2 is 1.70 bits per heavy atom. The van der Waals surface area contributed by atoms with Crippen molar-refractivity contribution in [2.24, 2.45) is 0 Å².